The number of carbonyl (C=O) groups excluding carboxylic acids is 2. The third-order valence-electron chi connectivity index (χ3n) is 13.3. The number of azo groups is 1. The van der Waals surface area contributed by atoms with Crippen molar-refractivity contribution in [2.24, 2.45) is 10.2 Å². The number of methoxy groups -OCH3 is 1. The van der Waals surface area contributed by atoms with Crippen molar-refractivity contribution in [1.82, 2.24) is 5.32 Å². The molecule has 0 aliphatic rings. The van der Waals surface area contributed by atoms with Gasteiger partial charge in [-0.1, -0.05) is 102 Å². The Morgan fingerprint density at radius 1 is 0.649 bits per heavy atom. The summed E-state index contributed by atoms with van der Waals surface area (Å²) in [6, 6.07) is 31.4. The maximum atomic E-state index is 14.2. The summed E-state index contributed by atoms with van der Waals surface area (Å²) < 4.78 is 73.3. The van der Waals surface area contributed by atoms with Crippen LogP contribution in [0.15, 0.2) is 141 Å². The monoisotopic (exact) mass is 1040 g/mol. The van der Waals surface area contributed by atoms with Gasteiger partial charge in [0.1, 0.15) is 28.6 Å². The van der Waals surface area contributed by atoms with E-state index in [-0.39, 0.29) is 77.4 Å². The van der Waals surface area contributed by atoms with Gasteiger partial charge in [0.05, 0.1) is 51.5 Å². The number of nitrogens with zero attached hydrogens (tertiary/aromatic N) is 2. The number of carbonyl (C=O) groups is 2. The van der Waals surface area contributed by atoms with Crippen molar-refractivity contribution < 1.29 is 46.1 Å². The van der Waals surface area contributed by atoms with E-state index in [0.29, 0.717) is 36.3 Å². The van der Waals surface area contributed by atoms with Gasteiger partial charge in [-0.05, 0) is 103 Å². The minimum atomic E-state index is -4.53. The molecule has 0 aromatic heterocycles. The molecular formula is C56H62N6O10S2. The summed E-state index contributed by atoms with van der Waals surface area (Å²) in [5.41, 5.74) is 2.49. The molecule has 16 nitrogen and oxygen atoms in total. The number of fused-ring (bicyclic) bond motifs is 2. The molecule has 7 aromatic carbocycles. The second-order valence-electron chi connectivity index (χ2n) is 19.1. The minimum absolute atomic E-state index is 0.00516. The lowest BCUT2D eigenvalue weighted by atomic mass is 9.76. The van der Waals surface area contributed by atoms with E-state index in [4.69, 9.17) is 9.47 Å². The van der Waals surface area contributed by atoms with E-state index in [9.17, 15) is 36.6 Å². The van der Waals surface area contributed by atoms with Crippen molar-refractivity contribution in [2.45, 2.75) is 94.8 Å². The summed E-state index contributed by atoms with van der Waals surface area (Å²) >= 11 is 0. The molecule has 0 heterocycles. The quantitative estimate of drug-likeness (QED) is 0.0226. The van der Waals surface area contributed by atoms with E-state index in [1.165, 1.54) is 68.1 Å². The Hall–Kier alpha value is -7.70. The number of amides is 2. The van der Waals surface area contributed by atoms with Gasteiger partial charge < -0.3 is 30.3 Å². The number of phenolic OH excluding ortho intramolecular Hbond substituents is 2. The summed E-state index contributed by atoms with van der Waals surface area (Å²) in [6.07, 6.45) is 3.13. The molecule has 0 saturated heterocycles. The molecule has 74 heavy (non-hydrogen) atoms. The normalized spacial score (nSPS) is 12.2. The van der Waals surface area contributed by atoms with Gasteiger partial charge in [-0.3, -0.25) is 19.0 Å². The summed E-state index contributed by atoms with van der Waals surface area (Å²) in [5, 5.41) is 37.1. The van der Waals surface area contributed by atoms with Crippen molar-refractivity contribution in [3.8, 4) is 23.0 Å². The Morgan fingerprint density at radius 2 is 1.35 bits per heavy atom. The number of aromatic hydroxyl groups is 2. The van der Waals surface area contributed by atoms with Gasteiger partial charge >= 0.3 is 0 Å². The molecule has 18 heteroatoms. The van der Waals surface area contributed by atoms with Crippen molar-refractivity contribution in [2.75, 3.05) is 35.0 Å². The van der Waals surface area contributed by atoms with Crippen molar-refractivity contribution >= 4 is 81.8 Å². The highest BCUT2D eigenvalue weighted by Crippen LogP contribution is 2.44. The average Bonchev–Trinajstić information content (AvgIpc) is 3.37. The molecule has 388 valence electrons. The Labute approximate surface area is 432 Å². The van der Waals surface area contributed by atoms with Crippen LogP contribution in [0.1, 0.15) is 95.6 Å². The minimum Gasteiger partial charge on any atom is -0.506 e. The lowest BCUT2D eigenvalue weighted by Crippen LogP contribution is -2.25. The van der Waals surface area contributed by atoms with Crippen LogP contribution in [-0.4, -0.2) is 59.1 Å². The number of ether oxygens (including phenoxy) is 2. The van der Waals surface area contributed by atoms with Crippen molar-refractivity contribution in [3.63, 3.8) is 0 Å². The number of phenols is 2. The van der Waals surface area contributed by atoms with E-state index in [0.717, 1.165) is 30.2 Å². The zero-order chi connectivity index (χ0) is 53.6. The maximum absolute atomic E-state index is 14.2. The number of para-hydroxylation sites is 1. The van der Waals surface area contributed by atoms with E-state index in [2.05, 4.69) is 90.0 Å². The summed E-state index contributed by atoms with van der Waals surface area (Å²) in [5.74, 6) is -0.647. The number of hydrogen-bond donors (Lipinski definition) is 6. The third-order valence-corrected chi connectivity index (χ3v) is 16.1. The zero-order valence-electron chi connectivity index (χ0n) is 42.7. The zero-order valence-corrected chi connectivity index (χ0v) is 44.3. The van der Waals surface area contributed by atoms with E-state index < -0.39 is 37.6 Å². The Kier molecular flexibility index (Phi) is 16.2. The predicted octanol–water partition coefficient (Wildman–Crippen LogP) is 12.4. The Bertz CT molecular complexity index is 3520. The first-order valence-electron chi connectivity index (χ1n) is 24.2. The highest BCUT2D eigenvalue weighted by atomic mass is 32.2. The van der Waals surface area contributed by atoms with Gasteiger partial charge in [-0.15, -0.1) is 10.2 Å². The van der Waals surface area contributed by atoms with Crippen molar-refractivity contribution in [3.05, 3.63) is 138 Å². The second-order valence-corrected chi connectivity index (χ2v) is 22.5. The SMILES string of the molecule is CCC(C)(C)c1ccc(OCCCCNC(=O)c2cc(NS(=O)(=O)c3cccc(NS(=O)(=O)c4ccc(NC(C)=O)c5c(O)c(N=Nc6ccccc6OC)ccc45)c3)c3ccccc3c2O)c(C(C)(C)CC)c1. The molecule has 7 rings (SSSR count). The predicted molar refractivity (Wildman–Crippen MR) is 291 cm³/mol. The number of unbranched alkanes of at least 4 members (excludes halogenated alkanes) is 1. The molecule has 6 N–H and O–H groups in total. The Morgan fingerprint density at radius 3 is 2.07 bits per heavy atom. The van der Waals surface area contributed by atoms with Crippen LogP contribution < -0.4 is 29.6 Å². The van der Waals surface area contributed by atoms with Crippen LogP contribution in [-0.2, 0) is 35.7 Å². The molecule has 0 bridgehead atoms. The van der Waals surface area contributed by atoms with Crippen LogP contribution in [0.4, 0.5) is 28.4 Å². The largest absolute Gasteiger partial charge is 0.506 e. The van der Waals surface area contributed by atoms with Gasteiger partial charge in [0.15, 0.2) is 5.75 Å². The number of benzene rings is 7. The molecule has 0 spiro atoms. The van der Waals surface area contributed by atoms with Crippen LogP contribution in [0.3, 0.4) is 0 Å². The molecule has 0 fully saturated rings. The van der Waals surface area contributed by atoms with Crippen LogP contribution >= 0.6 is 0 Å². The molecule has 0 saturated carbocycles. The number of sulfonamides is 2. The summed E-state index contributed by atoms with van der Waals surface area (Å²) in [6.45, 7) is 15.2. The van der Waals surface area contributed by atoms with Crippen LogP contribution in [0.2, 0.25) is 0 Å². The molecule has 7 aromatic rings. The lowest BCUT2D eigenvalue weighted by Gasteiger charge is -2.30. The molecule has 0 aliphatic heterocycles. The summed E-state index contributed by atoms with van der Waals surface area (Å²) in [4.78, 5) is 25.2. The first-order chi connectivity index (χ1) is 35.1. The summed E-state index contributed by atoms with van der Waals surface area (Å²) in [7, 11) is -7.54. The van der Waals surface area contributed by atoms with Crippen LogP contribution in [0.25, 0.3) is 21.5 Å². The average molecular weight is 1040 g/mol. The fourth-order valence-corrected chi connectivity index (χ4v) is 10.7. The molecular weight excluding hydrogens is 981 g/mol. The first kappa shape index (κ1) is 54.1. The number of anilines is 3. The smallest absolute Gasteiger partial charge is 0.262 e. The van der Waals surface area contributed by atoms with Gasteiger partial charge in [-0.25, -0.2) is 16.8 Å². The molecule has 2 amide bonds. The van der Waals surface area contributed by atoms with Crippen LogP contribution in [0, 0.1) is 0 Å². The fourth-order valence-electron chi connectivity index (χ4n) is 8.28. The highest BCUT2D eigenvalue weighted by molar-refractivity contribution is 7.93. The van der Waals surface area contributed by atoms with E-state index in [1.807, 2.05) is 0 Å². The van der Waals surface area contributed by atoms with Gasteiger partial charge in [0.2, 0.25) is 5.91 Å². The second kappa shape index (κ2) is 22.2. The standard InChI is InChI=1S/C56H62N6O10S2/c1-9-55(4,5)36-24-28-48(43(32-36)56(6,7)10-2)72-31-16-15-30-57-54(66)42-34-47(39-20-11-12-21-40(39)52(42)64)62-73(67,68)38-19-17-18-37(33-38)61-74(69,70)50-29-27-45(58-35(3)63)51-41(50)25-26-46(53(51)65)60-59-44-22-13-14-23-49(44)71-8/h11-14,17-29,32-34,61-62,64-65H,9-10,15-16,30-31H2,1-8H3,(H,57,66)(H,58,63). The van der Waals surface area contributed by atoms with Crippen LogP contribution in [0.5, 0.6) is 23.0 Å². The molecule has 0 atom stereocenters. The van der Waals surface area contributed by atoms with E-state index in [1.54, 1.807) is 48.5 Å². The fraction of sp³-hybridized carbons (Fsp3) is 0.286. The first-order valence-corrected chi connectivity index (χ1v) is 27.1. The third kappa shape index (κ3) is 11.9. The topological polar surface area (TPSA) is 234 Å². The molecule has 0 unspecified atom stereocenters. The molecule has 0 radical (unpaired) electrons. The van der Waals surface area contributed by atoms with Gasteiger partial charge in [-0.2, -0.15) is 0 Å². The highest BCUT2D eigenvalue weighted by Gasteiger charge is 2.28. The van der Waals surface area contributed by atoms with Crippen molar-refractivity contribution in [1.29, 1.82) is 0 Å². The number of rotatable bonds is 21. The molecule has 0 aliphatic carbocycles. The van der Waals surface area contributed by atoms with E-state index >= 15 is 0 Å². The number of nitrogens with one attached hydrogen (secondary N) is 4. The number of hydrogen-bond acceptors (Lipinski definition) is 12. The lowest BCUT2D eigenvalue weighted by molar-refractivity contribution is -0.114. The maximum Gasteiger partial charge on any atom is 0.262 e. The van der Waals surface area contributed by atoms with Gasteiger partial charge in [0.25, 0.3) is 26.0 Å². The van der Waals surface area contributed by atoms with Gasteiger partial charge in [0, 0.05) is 35.2 Å². The Balaban J connectivity index is 1.08.